The van der Waals surface area contributed by atoms with Crippen LogP contribution >= 0.6 is 0 Å². The molecule has 24 heavy (non-hydrogen) atoms. The Morgan fingerprint density at radius 3 is 2.54 bits per heavy atom. The molecule has 0 aromatic heterocycles. The summed E-state index contributed by atoms with van der Waals surface area (Å²) in [6.45, 7) is 2.42. The van der Waals surface area contributed by atoms with Crippen molar-refractivity contribution < 1.29 is 14.3 Å². The van der Waals surface area contributed by atoms with Crippen LogP contribution < -0.4 is 0 Å². The van der Waals surface area contributed by atoms with Gasteiger partial charge in [-0.25, -0.2) is 4.79 Å². The van der Waals surface area contributed by atoms with E-state index in [9.17, 15) is 9.59 Å². The lowest BCUT2D eigenvalue weighted by atomic mass is 9.89. The van der Waals surface area contributed by atoms with Gasteiger partial charge in [0.15, 0.2) is 0 Å². The van der Waals surface area contributed by atoms with Crippen molar-refractivity contribution in [2.24, 2.45) is 5.92 Å². The van der Waals surface area contributed by atoms with Crippen molar-refractivity contribution in [1.82, 2.24) is 9.80 Å². The summed E-state index contributed by atoms with van der Waals surface area (Å²) in [6, 6.07) is 9.59. The van der Waals surface area contributed by atoms with Crippen LogP contribution in [0.2, 0.25) is 0 Å². The predicted octanol–water partition coefficient (Wildman–Crippen LogP) is 3.05. The van der Waals surface area contributed by atoms with Gasteiger partial charge in [0.2, 0.25) is 5.91 Å². The van der Waals surface area contributed by atoms with Crippen molar-refractivity contribution in [3.63, 3.8) is 0 Å². The number of piperazine rings is 1. The van der Waals surface area contributed by atoms with Crippen LogP contribution in [0.1, 0.15) is 37.7 Å². The molecule has 1 aliphatic carbocycles. The average molecular weight is 330 g/mol. The zero-order valence-electron chi connectivity index (χ0n) is 14.2. The lowest BCUT2D eigenvalue weighted by Gasteiger charge is -2.36. The van der Waals surface area contributed by atoms with Crippen LogP contribution in [-0.4, -0.2) is 48.0 Å². The van der Waals surface area contributed by atoms with Crippen molar-refractivity contribution in [2.75, 3.05) is 26.2 Å². The van der Waals surface area contributed by atoms with Gasteiger partial charge in [-0.05, 0) is 24.3 Å². The summed E-state index contributed by atoms with van der Waals surface area (Å²) in [7, 11) is 0. The number of carbonyl (C=O) groups excluding carboxylic acids is 2. The van der Waals surface area contributed by atoms with Gasteiger partial charge in [0.25, 0.3) is 0 Å². The van der Waals surface area contributed by atoms with Gasteiger partial charge in [-0.2, -0.15) is 0 Å². The van der Waals surface area contributed by atoms with E-state index in [-0.39, 0.29) is 19.1 Å². The van der Waals surface area contributed by atoms with Crippen molar-refractivity contribution >= 4 is 12.0 Å². The van der Waals surface area contributed by atoms with E-state index in [0.29, 0.717) is 19.0 Å². The fourth-order valence-electron chi connectivity index (χ4n) is 3.55. The average Bonchev–Trinajstić information content (AvgIpc) is 2.63. The van der Waals surface area contributed by atoms with Crippen LogP contribution in [0.25, 0.3) is 0 Å². The molecule has 1 aliphatic heterocycles. The van der Waals surface area contributed by atoms with Crippen LogP contribution in [0.15, 0.2) is 30.3 Å². The molecule has 1 saturated heterocycles. The van der Waals surface area contributed by atoms with Crippen LogP contribution in [-0.2, 0) is 16.1 Å². The Kier molecular flexibility index (Phi) is 5.72. The zero-order valence-corrected chi connectivity index (χ0v) is 14.2. The van der Waals surface area contributed by atoms with Gasteiger partial charge in [0.1, 0.15) is 13.2 Å². The van der Waals surface area contributed by atoms with Crippen LogP contribution in [0.3, 0.4) is 0 Å². The molecule has 5 nitrogen and oxygen atoms in total. The number of amides is 2. The first-order valence-electron chi connectivity index (χ1n) is 8.96. The Balaban J connectivity index is 1.44. The highest BCUT2D eigenvalue weighted by molar-refractivity contribution is 5.83. The van der Waals surface area contributed by atoms with E-state index in [1.807, 2.05) is 35.2 Å². The number of hydrogen-bond acceptors (Lipinski definition) is 3. The molecule has 5 heteroatoms. The minimum absolute atomic E-state index is 0.0449. The number of benzene rings is 1. The van der Waals surface area contributed by atoms with E-state index < -0.39 is 6.09 Å². The second kappa shape index (κ2) is 8.18. The molecule has 1 aromatic carbocycles. The van der Waals surface area contributed by atoms with E-state index in [0.717, 1.165) is 12.1 Å². The molecule has 0 N–H and O–H groups in total. The Bertz CT molecular complexity index is 555. The zero-order chi connectivity index (χ0) is 16.8. The van der Waals surface area contributed by atoms with Crippen molar-refractivity contribution in [3.05, 3.63) is 35.9 Å². The van der Waals surface area contributed by atoms with Crippen LogP contribution in [0.4, 0.5) is 4.79 Å². The molecule has 130 valence electrons. The summed E-state index contributed by atoms with van der Waals surface area (Å²) in [5.41, 5.74) is 0.952. The predicted molar refractivity (Wildman–Crippen MR) is 91.4 cm³/mol. The fraction of sp³-hybridized carbons (Fsp3) is 0.579. The maximum Gasteiger partial charge on any atom is 0.410 e. The van der Waals surface area contributed by atoms with Crippen LogP contribution in [0.5, 0.6) is 0 Å². The van der Waals surface area contributed by atoms with Crippen molar-refractivity contribution in [2.45, 2.75) is 38.7 Å². The van der Waals surface area contributed by atoms with E-state index >= 15 is 0 Å². The number of rotatable bonds is 4. The summed E-state index contributed by atoms with van der Waals surface area (Å²) in [6.07, 6.45) is 5.95. The summed E-state index contributed by atoms with van der Waals surface area (Å²) in [5.74, 6) is 0.683. The van der Waals surface area contributed by atoms with Gasteiger partial charge in [-0.1, -0.05) is 49.6 Å². The first-order chi connectivity index (χ1) is 11.7. The van der Waals surface area contributed by atoms with E-state index in [4.69, 9.17) is 4.74 Å². The standard InChI is InChI=1S/C19H26N2O3/c22-18-14-21(19(23)24-15-17-9-5-2-6-10-17)12-11-20(18)13-16-7-3-1-4-8-16/h2,5-6,9-10,16H,1,3-4,7-8,11-15H2. The smallest absolute Gasteiger partial charge is 0.410 e. The summed E-state index contributed by atoms with van der Waals surface area (Å²) < 4.78 is 5.32. The van der Waals surface area contributed by atoms with E-state index in [1.54, 1.807) is 0 Å². The second-order valence-corrected chi connectivity index (χ2v) is 6.81. The van der Waals surface area contributed by atoms with Gasteiger partial charge in [-0.3, -0.25) is 9.69 Å². The second-order valence-electron chi connectivity index (χ2n) is 6.81. The third-order valence-corrected chi connectivity index (χ3v) is 4.99. The topological polar surface area (TPSA) is 49.9 Å². The lowest BCUT2D eigenvalue weighted by Crippen LogP contribution is -2.53. The SMILES string of the molecule is O=C1CN(C(=O)OCc2ccccc2)CCN1CC1CCCCC1. The molecule has 0 spiro atoms. The number of ether oxygens (including phenoxy) is 1. The molecular weight excluding hydrogens is 304 g/mol. The normalized spacial score (nSPS) is 19.4. The van der Waals surface area contributed by atoms with Gasteiger partial charge in [0, 0.05) is 19.6 Å². The molecule has 1 heterocycles. The van der Waals surface area contributed by atoms with Gasteiger partial charge in [-0.15, -0.1) is 0 Å². The minimum atomic E-state index is -0.399. The molecule has 1 aromatic rings. The molecule has 0 bridgehead atoms. The Hall–Kier alpha value is -2.04. The monoisotopic (exact) mass is 330 g/mol. The highest BCUT2D eigenvalue weighted by atomic mass is 16.6. The molecule has 2 amide bonds. The Morgan fingerprint density at radius 2 is 1.83 bits per heavy atom. The minimum Gasteiger partial charge on any atom is -0.445 e. The molecular formula is C19H26N2O3. The number of nitrogens with zero attached hydrogens (tertiary/aromatic N) is 2. The largest absolute Gasteiger partial charge is 0.445 e. The van der Waals surface area contributed by atoms with Gasteiger partial charge < -0.3 is 9.64 Å². The summed E-state index contributed by atoms with van der Waals surface area (Å²) in [4.78, 5) is 27.9. The molecule has 0 atom stereocenters. The molecule has 3 rings (SSSR count). The molecule has 2 aliphatic rings. The highest BCUT2D eigenvalue weighted by Crippen LogP contribution is 2.25. The molecule has 0 unspecified atom stereocenters. The third kappa shape index (κ3) is 4.49. The number of hydrogen-bond donors (Lipinski definition) is 0. The Morgan fingerprint density at radius 1 is 1.08 bits per heavy atom. The first kappa shape index (κ1) is 16.8. The fourth-order valence-corrected chi connectivity index (χ4v) is 3.55. The number of carbonyl (C=O) groups is 2. The van der Waals surface area contributed by atoms with Crippen LogP contribution in [0, 0.1) is 5.92 Å². The summed E-state index contributed by atoms with van der Waals surface area (Å²) in [5, 5.41) is 0. The summed E-state index contributed by atoms with van der Waals surface area (Å²) >= 11 is 0. The molecule has 1 saturated carbocycles. The quantitative estimate of drug-likeness (QED) is 0.852. The lowest BCUT2D eigenvalue weighted by molar-refractivity contribution is -0.136. The van der Waals surface area contributed by atoms with Gasteiger partial charge in [0.05, 0.1) is 0 Å². The highest BCUT2D eigenvalue weighted by Gasteiger charge is 2.29. The molecule has 0 radical (unpaired) electrons. The maximum absolute atomic E-state index is 12.3. The third-order valence-electron chi connectivity index (χ3n) is 4.99. The van der Waals surface area contributed by atoms with Gasteiger partial charge >= 0.3 is 6.09 Å². The van der Waals surface area contributed by atoms with Crippen molar-refractivity contribution in [1.29, 1.82) is 0 Å². The van der Waals surface area contributed by atoms with E-state index in [1.165, 1.54) is 37.0 Å². The molecule has 2 fully saturated rings. The first-order valence-corrected chi connectivity index (χ1v) is 8.96. The maximum atomic E-state index is 12.3. The Labute approximate surface area is 143 Å². The van der Waals surface area contributed by atoms with E-state index in [2.05, 4.69) is 0 Å². The van der Waals surface area contributed by atoms with Crippen molar-refractivity contribution in [3.8, 4) is 0 Å².